The fraction of sp³-hybridized carbons (Fsp3) is 0.556. The van der Waals surface area contributed by atoms with Crippen molar-refractivity contribution in [2.45, 2.75) is 35.3 Å². The molecule has 0 radical (unpaired) electrons. The van der Waals surface area contributed by atoms with Crippen LogP contribution in [0.1, 0.15) is 25.7 Å². The minimum absolute atomic E-state index is 0. The predicted octanol–water partition coefficient (Wildman–Crippen LogP) is 2.72. The minimum atomic E-state index is 0. The van der Waals surface area contributed by atoms with Gasteiger partial charge in [0.25, 0.3) is 0 Å². The Bertz CT molecular complexity index is 586. The van der Waals surface area contributed by atoms with E-state index in [4.69, 9.17) is 0 Å². The zero-order valence-corrected chi connectivity index (χ0v) is 17.8. The fourth-order valence-electron chi connectivity index (χ4n) is 2.90. The van der Waals surface area contributed by atoms with Crippen LogP contribution in [-0.2, 0) is 4.79 Å². The van der Waals surface area contributed by atoms with Crippen molar-refractivity contribution in [3.8, 4) is 0 Å². The van der Waals surface area contributed by atoms with E-state index in [1.54, 1.807) is 7.05 Å². The summed E-state index contributed by atoms with van der Waals surface area (Å²) in [5.41, 5.74) is 0. The Balaban J connectivity index is 0.00000225. The molecular formula is C18H27IN4OS. The number of nitrogens with one attached hydrogen (secondary N) is 2. The molecule has 0 aromatic heterocycles. The van der Waals surface area contributed by atoms with E-state index >= 15 is 0 Å². The SMILES string of the molecule is CN=C(NCC(=O)N1CCCC1)NCC1(Sc2ccccc2)CC1.I. The maximum absolute atomic E-state index is 12.1. The lowest BCUT2D eigenvalue weighted by Crippen LogP contribution is -2.45. The Morgan fingerprint density at radius 2 is 1.88 bits per heavy atom. The highest BCUT2D eigenvalue weighted by Gasteiger charge is 2.43. The summed E-state index contributed by atoms with van der Waals surface area (Å²) in [6, 6.07) is 10.5. The van der Waals surface area contributed by atoms with Crippen molar-refractivity contribution in [1.29, 1.82) is 0 Å². The van der Waals surface area contributed by atoms with Gasteiger partial charge in [-0.1, -0.05) is 18.2 Å². The van der Waals surface area contributed by atoms with Gasteiger partial charge in [-0.05, 0) is 37.8 Å². The number of amides is 1. The van der Waals surface area contributed by atoms with E-state index < -0.39 is 0 Å². The lowest BCUT2D eigenvalue weighted by Gasteiger charge is -2.20. The van der Waals surface area contributed by atoms with Gasteiger partial charge in [-0.25, -0.2) is 0 Å². The maximum atomic E-state index is 12.1. The highest BCUT2D eigenvalue weighted by Crippen LogP contribution is 2.51. The first-order chi connectivity index (χ1) is 11.7. The first-order valence-electron chi connectivity index (χ1n) is 8.67. The minimum Gasteiger partial charge on any atom is -0.355 e. The summed E-state index contributed by atoms with van der Waals surface area (Å²) in [6.45, 7) is 2.97. The molecule has 3 rings (SSSR count). The summed E-state index contributed by atoms with van der Waals surface area (Å²) in [7, 11) is 1.75. The third-order valence-electron chi connectivity index (χ3n) is 4.55. The van der Waals surface area contributed by atoms with Gasteiger partial charge in [0, 0.05) is 36.3 Å². The van der Waals surface area contributed by atoms with Crippen LogP contribution >= 0.6 is 35.7 Å². The molecule has 25 heavy (non-hydrogen) atoms. The molecule has 2 aliphatic rings. The molecule has 138 valence electrons. The zero-order chi connectivity index (χ0) is 16.8. The number of guanidine groups is 1. The van der Waals surface area contributed by atoms with Crippen LogP contribution in [0.15, 0.2) is 40.2 Å². The van der Waals surface area contributed by atoms with Gasteiger partial charge < -0.3 is 15.5 Å². The van der Waals surface area contributed by atoms with Crippen LogP contribution in [0.2, 0.25) is 0 Å². The van der Waals surface area contributed by atoms with Crippen molar-refractivity contribution >= 4 is 47.6 Å². The molecule has 1 aliphatic carbocycles. The topological polar surface area (TPSA) is 56.7 Å². The molecule has 2 N–H and O–H groups in total. The van der Waals surface area contributed by atoms with Gasteiger partial charge in [-0.2, -0.15) is 0 Å². The van der Waals surface area contributed by atoms with Gasteiger partial charge in [0.1, 0.15) is 0 Å². The number of thioether (sulfide) groups is 1. The summed E-state index contributed by atoms with van der Waals surface area (Å²) in [4.78, 5) is 19.6. The molecule has 0 atom stereocenters. The van der Waals surface area contributed by atoms with Crippen molar-refractivity contribution in [2.75, 3.05) is 33.2 Å². The fourth-order valence-corrected chi connectivity index (χ4v) is 4.14. The predicted molar refractivity (Wildman–Crippen MR) is 115 cm³/mol. The Hall–Kier alpha value is -0.960. The van der Waals surface area contributed by atoms with Crippen LogP contribution in [0.4, 0.5) is 0 Å². The number of halogens is 1. The first-order valence-corrected chi connectivity index (χ1v) is 9.49. The molecular weight excluding hydrogens is 447 g/mol. The Morgan fingerprint density at radius 3 is 2.48 bits per heavy atom. The Morgan fingerprint density at radius 1 is 1.20 bits per heavy atom. The molecule has 7 heteroatoms. The number of benzene rings is 1. The molecule has 1 aliphatic heterocycles. The van der Waals surface area contributed by atoms with Crippen LogP contribution in [-0.4, -0.2) is 54.7 Å². The van der Waals surface area contributed by atoms with E-state index in [2.05, 4.69) is 39.9 Å². The summed E-state index contributed by atoms with van der Waals surface area (Å²) in [6.07, 6.45) is 4.67. The van der Waals surface area contributed by atoms with Gasteiger partial charge in [-0.3, -0.25) is 9.79 Å². The average Bonchev–Trinajstić information content (AvgIpc) is 3.14. The van der Waals surface area contributed by atoms with Crippen LogP contribution in [0.5, 0.6) is 0 Å². The summed E-state index contributed by atoms with van der Waals surface area (Å²) < 4.78 is 0.262. The number of carbonyl (C=O) groups is 1. The molecule has 1 heterocycles. The van der Waals surface area contributed by atoms with Crippen molar-refractivity contribution in [3.05, 3.63) is 30.3 Å². The second kappa shape index (κ2) is 9.66. The lowest BCUT2D eigenvalue weighted by atomic mass is 10.4. The van der Waals surface area contributed by atoms with Gasteiger partial charge in [-0.15, -0.1) is 35.7 Å². The molecule has 2 fully saturated rings. The third-order valence-corrected chi connectivity index (χ3v) is 6.05. The first kappa shape index (κ1) is 20.4. The van der Waals surface area contributed by atoms with Crippen molar-refractivity contribution < 1.29 is 4.79 Å². The molecule has 0 bridgehead atoms. The third kappa shape index (κ3) is 6.06. The molecule has 1 amide bonds. The number of rotatable bonds is 6. The summed E-state index contributed by atoms with van der Waals surface area (Å²) in [5.74, 6) is 0.873. The van der Waals surface area contributed by atoms with E-state index in [9.17, 15) is 4.79 Å². The summed E-state index contributed by atoms with van der Waals surface area (Å²) in [5, 5.41) is 6.53. The quantitative estimate of drug-likeness (QED) is 0.378. The Kier molecular flexibility index (Phi) is 7.86. The number of nitrogens with zero attached hydrogens (tertiary/aromatic N) is 2. The highest BCUT2D eigenvalue weighted by molar-refractivity contribution is 14.0. The van der Waals surface area contributed by atoms with Gasteiger partial charge in [0.15, 0.2) is 5.96 Å². The van der Waals surface area contributed by atoms with E-state index in [0.29, 0.717) is 12.5 Å². The number of likely N-dealkylation sites (tertiary alicyclic amines) is 1. The number of aliphatic imine (C=N–C) groups is 1. The van der Waals surface area contributed by atoms with Gasteiger partial charge in [0.2, 0.25) is 5.91 Å². The van der Waals surface area contributed by atoms with E-state index in [1.165, 1.54) is 17.7 Å². The molecule has 0 spiro atoms. The monoisotopic (exact) mass is 474 g/mol. The van der Waals surface area contributed by atoms with Crippen LogP contribution < -0.4 is 10.6 Å². The normalized spacial score (nSPS) is 18.4. The van der Waals surface area contributed by atoms with Crippen molar-refractivity contribution in [2.24, 2.45) is 4.99 Å². The van der Waals surface area contributed by atoms with Gasteiger partial charge >= 0.3 is 0 Å². The van der Waals surface area contributed by atoms with Crippen molar-refractivity contribution in [3.63, 3.8) is 0 Å². The average molecular weight is 474 g/mol. The molecule has 1 aromatic rings. The molecule has 5 nitrogen and oxygen atoms in total. The van der Waals surface area contributed by atoms with Crippen molar-refractivity contribution in [1.82, 2.24) is 15.5 Å². The number of hydrogen-bond donors (Lipinski definition) is 2. The van der Waals surface area contributed by atoms with Gasteiger partial charge in [0.05, 0.1) is 6.54 Å². The smallest absolute Gasteiger partial charge is 0.241 e. The Labute approximate surface area is 171 Å². The van der Waals surface area contributed by atoms with E-state index in [0.717, 1.165) is 32.5 Å². The molecule has 0 unspecified atom stereocenters. The van der Waals surface area contributed by atoms with Crippen LogP contribution in [0, 0.1) is 0 Å². The molecule has 1 aromatic carbocycles. The maximum Gasteiger partial charge on any atom is 0.241 e. The van der Waals surface area contributed by atoms with Crippen LogP contribution in [0.25, 0.3) is 0 Å². The number of hydrogen-bond acceptors (Lipinski definition) is 3. The second-order valence-electron chi connectivity index (χ2n) is 6.47. The lowest BCUT2D eigenvalue weighted by molar-refractivity contribution is -0.128. The summed E-state index contributed by atoms with van der Waals surface area (Å²) >= 11 is 1.93. The second-order valence-corrected chi connectivity index (χ2v) is 8.01. The highest BCUT2D eigenvalue weighted by atomic mass is 127. The molecule has 1 saturated carbocycles. The van der Waals surface area contributed by atoms with Crippen LogP contribution in [0.3, 0.4) is 0 Å². The molecule has 1 saturated heterocycles. The van der Waals surface area contributed by atoms with E-state index in [1.807, 2.05) is 22.7 Å². The zero-order valence-electron chi connectivity index (χ0n) is 14.7. The largest absolute Gasteiger partial charge is 0.355 e. The number of carbonyl (C=O) groups excluding carboxylic acids is 1. The standard InChI is InChI=1S/C18H26N4OS.HI/c1-19-17(20-13-16(23)22-11-5-6-12-22)21-14-18(9-10-18)24-15-7-3-2-4-8-15;/h2-4,7-8H,5-6,9-14H2,1H3,(H2,19,20,21);1H. The van der Waals surface area contributed by atoms with E-state index in [-0.39, 0.29) is 34.6 Å².